The summed E-state index contributed by atoms with van der Waals surface area (Å²) in [6.07, 6.45) is 3.19. The van der Waals surface area contributed by atoms with Crippen LogP contribution in [0, 0.1) is 18.3 Å². The van der Waals surface area contributed by atoms with E-state index >= 15 is 0 Å². The Hall–Kier alpha value is -3.59. The molecule has 0 amide bonds. The third-order valence-corrected chi connectivity index (χ3v) is 3.97. The van der Waals surface area contributed by atoms with Crippen molar-refractivity contribution in [3.63, 3.8) is 0 Å². The normalized spacial score (nSPS) is 11.5. The number of carbonyl (C=O) groups excluding carboxylic acids is 1. The maximum absolute atomic E-state index is 12.4. The number of ether oxygens (including phenoxy) is 2. The number of fused-ring (bicyclic) bond motifs is 1. The Morgan fingerprint density at radius 1 is 1.29 bits per heavy atom. The van der Waals surface area contributed by atoms with Crippen molar-refractivity contribution in [3.05, 3.63) is 71.1 Å². The average Bonchev–Trinajstić information content (AvgIpc) is 3.00. The summed E-state index contributed by atoms with van der Waals surface area (Å²) in [4.78, 5) is 16.9. The number of aryl methyl sites for hydroxylation is 1. The first-order chi connectivity index (χ1) is 13.5. The Balaban J connectivity index is 1.93. The monoisotopic (exact) mass is 375 g/mol. The van der Waals surface area contributed by atoms with Gasteiger partial charge in [0.25, 0.3) is 0 Å². The molecule has 0 saturated carbocycles. The molecule has 0 aliphatic rings. The zero-order chi connectivity index (χ0) is 20.1. The molecule has 3 rings (SSSR count). The molecule has 0 unspecified atom stereocenters. The third-order valence-electron chi connectivity index (χ3n) is 3.97. The summed E-state index contributed by atoms with van der Waals surface area (Å²) in [7, 11) is 0. The van der Waals surface area contributed by atoms with Gasteiger partial charge in [0.1, 0.15) is 29.6 Å². The molecule has 0 saturated heterocycles. The molecule has 0 atom stereocenters. The topological polar surface area (TPSA) is 76.6 Å². The first-order valence-corrected chi connectivity index (χ1v) is 8.96. The summed E-state index contributed by atoms with van der Waals surface area (Å²) in [6.45, 7) is 5.85. The van der Waals surface area contributed by atoms with Crippen molar-refractivity contribution in [2.75, 3.05) is 0 Å². The first kappa shape index (κ1) is 19.2. The van der Waals surface area contributed by atoms with Gasteiger partial charge < -0.3 is 9.47 Å². The number of esters is 1. The summed E-state index contributed by atoms with van der Waals surface area (Å²) >= 11 is 0. The molecule has 6 heteroatoms. The first-order valence-electron chi connectivity index (χ1n) is 8.96. The van der Waals surface area contributed by atoms with Crippen LogP contribution < -0.4 is 4.74 Å². The molecule has 6 nitrogen and oxygen atoms in total. The van der Waals surface area contributed by atoms with E-state index in [1.165, 1.54) is 6.08 Å². The van der Waals surface area contributed by atoms with Crippen molar-refractivity contribution in [2.45, 2.75) is 33.5 Å². The third kappa shape index (κ3) is 4.38. The molecular weight excluding hydrogens is 354 g/mol. The van der Waals surface area contributed by atoms with Gasteiger partial charge in [-0.15, -0.1) is 0 Å². The van der Waals surface area contributed by atoms with Crippen LogP contribution in [0.15, 0.2) is 54.2 Å². The summed E-state index contributed by atoms with van der Waals surface area (Å²) in [6, 6.07) is 15.1. The van der Waals surface area contributed by atoms with E-state index in [2.05, 4.69) is 4.98 Å². The quantitative estimate of drug-likeness (QED) is 0.369. The van der Waals surface area contributed by atoms with Crippen molar-refractivity contribution in [1.29, 1.82) is 5.26 Å². The van der Waals surface area contributed by atoms with Gasteiger partial charge in [0, 0.05) is 6.20 Å². The van der Waals surface area contributed by atoms with Crippen molar-refractivity contribution in [1.82, 2.24) is 9.38 Å². The van der Waals surface area contributed by atoms with E-state index in [1.54, 1.807) is 4.40 Å². The van der Waals surface area contributed by atoms with E-state index in [1.807, 2.05) is 75.5 Å². The molecule has 2 aromatic heterocycles. The van der Waals surface area contributed by atoms with Crippen LogP contribution >= 0.6 is 0 Å². The minimum Gasteiger partial charge on any atom is -0.473 e. The fraction of sp³-hybridized carbons (Fsp3) is 0.227. The van der Waals surface area contributed by atoms with E-state index in [-0.39, 0.29) is 18.3 Å². The highest BCUT2D eigenvalue weighted by atomic mass is 16.5. The molecule has 3 aromatic rings. The number of imidazole rings is 1. The molecule has 142 valence electrons. The van der Waals surface area contributed by atoms with Crippen molar-refractivity contribution < 1.29 is 14.3 Å². The van der Waals surface area contributed by atoms with Gasteiger partial charge in [0.15, 0.2) is 0 Å². The minimum absolute atomic E-state index is 0.0976. The number of aromatic nitrogens is 2. The number of pyridine rings is 1. The highest BCUT2D eigenvalue weighted by Crippen LogP contribution is 2.25. The molecule has 0 aliphatic carbocycles. The largest absolute Gasteiger partial charge is 0.473 e. The fourth-order valence-electron chi connectivity index (χ4n) is 2.66. The van der Waals surface area contributed by atoms with E-state index in [4.69, 9.17) is 9.47 Å². The van der Waals surface area contributed by atoms with Gasteiger partial charge in [0.2, 0.25) is 5.88 Å². The molecule has 0 aliphatic heterocycles. The van der Waals surface area contributed by atoms with Gasteiger partial charge in [-0.25, -0.2) is 4.79 Å². The van der Waals surface area contributed by atoms with Crippen LogP contribution in [0.2, 0.25) is 0 Å². The van der Waals surface area contributed by atoms with Gasteiger partial charge in [-0.3, -0.25) is 4.40 Å². The number of rotatable bonds is 6. The fourth-order valence-corrected chi connectivity index (χ4v) is 2.66. The predicted molar refractivity (Wildman–Crippen MR) is 106 cm³/mol. The van der Waals surface area contributed by atoms with Crippen molar-refractivity contribution >= 4 is 17.7 Å². The number of carbonyl (C=O) groups is 1. The lowest BCUT2D eigenvalue weighted by Crippen LogP contribution is -2.09. The Morgan fingerprint density at radius 3 is 2.71 bits per heavy atom. The molecule has 0 spiro atoms. The van der Waals surface area contributed by atoms with Crippen LogP contribution in [-0.2, 0) is 16.1 Å². The Morgan fingerprint density at radius 2 is 2.04 bits per heavy atom. The second kappa shape index (κ2) is 8.40. The minimum atomic E-state index is -0.691. The Bertz CT molecular complexity index is 1060. The van der Waals surface area contributed by atoms with Crippen LogP contribution in [0.25, 0.3) is 11.7 Å². The van der Waals surface area contributed by atoms with E-state index in [0.29, 0.717) is 17.2 Å². The standard InChI is InChI=1S/C22H21N3O3/c1-15(2)28-21-19(25-10-9-16(3)11-20(25)24-21)12-18(13-23)22(26)27-14-17-7-5-4-6-8-17/h4-12,15H,14H2,1-3H3. The van der Waals surface area contributed by atoms with E-state index < -0.39 is 5.97 Å². The Labute approximate surface area is 163 Å². The van der Waals surface area contributed by atoms with E-state index in [9.17, 15) is 10.1 Å². The second-order valence-electron chi connectivity index (χ2n) is 6.63. The van der Waals surface area contributed by atoms with Crippen LogP contribution in [0.3, 0.4) is 0 Å². The maximum atomic E-state index is 12.4. The highest BCUT2D eigenvalue weighted by Gasteiger charge is 2.18. The zero-order valence-electron chi connectivity index (χ0n) is 16.0. The van der Waals surface area contributed by atoms with Crippen molar-refractivity contribution in [2.24, 2.45) is 0 Å². The lowest BCUT2D eigenvalue weighted by atomic mass is 10.2. The predicted octanol–water partition coefficient (Wildman–Crippen LogP) is 4.08. The summed E-state index contributed by atoms with van der Waals surface area (Å²) in [5.74, 6) is -0.326. The number of hydrogen-bond acceptors (Lipinski definition) is 5. The molecule has 0 fully saturated rings. The van der Waals surface area contributed by atoms with Gasteiger partial charge in [-0.2, -0.15) is 10.2 Å². The van der Waals surface area contributed by atoms with Gasteiger partial charge in [-0.1, -0.05) is 30.3 Å². The lowest BCUT2D eigenvalue weighted by Gasteiger charge is -2.08. The SMILES string of the molecule is Cc1ccn2c(C=C(C#N)C(=O)OCc3ccccc3)c(OC(C)C)nc2c1. The van der Waals surface area contributed by atoms with Gasteiger partial charge >= 0.3 is 5.97 Å². The van der Waals surface area contributed by atoms with Crippen LogP contribution in [0.1, 0.15) is 30.7 Å². The smallest absolute Gasteiger partial charge is 0.349 e. The summed E-state index contributed by atoms with van der Waals surface area (Å²) in [5, 5.41) is 9.49. The Kier molecular flexibility index (Phi) is 5.75. The molecule has 0 radical (unpaired) electrons. The molecule has 0 bridgehead atoms. The van der Waals surface area contributed by atoms with Crippen LogP contribution in [0.4, 0.5) is 0 Å². The summed E-state index contributed by atoms with van der Waals surface area (Å²) in [5.41, 5.74) is 2.98. The molecular formula is C22H21N3O3. The van der Waals surface area contributed by atoms with Crippen molar-refractivity contribution in [3.8, 4) is 11.9 Å². The van der Waals surface area contributed by atoms with Gasteiger partial charge in [-0.05, 0) is 50.1 Å². The molecule has 28 heavy (non-hydrogen) atoms. The number of benzene rings is 1. The van der Waals surface area contributed by atoms with Crippen LogP contribution in [0.5, 0.6) is 5.88 Å². The average molecular weight is 375 g/mol. The molecule has 2 heterocycles. The zero-order valence-corrected chi connectivity index (χ0v) is 16.0. The second-order valence-corrected chi connectivity index (χ2v) is 6.63. The maximum Gasteiger partial charge on any atom is 0.349 e. The number of nitrogens with zero attached hydrogens (tertiary/aromatic N) is 3. The summed E-state index contributed by atoms with van der Waals surface area (Å²) < 4.78 is 12.9. The lowest BCUT2D eigenvalue weighted by molar-refractivity contribution is -0.139. The van der Waals surface area contributed by atoms with E-state index in [0.717, 1.165) is 11.1 Å². The van der Waals surface area contributed by atoms with Gasteiger partial charge in [0.05, 0.1) is 6.10 Å². The highest BCUT2D eigenvalue weighted by molar-refractivity contribution is 5.98. The molecule has 1 aromatic carbocycles. The molecule has 0 N–H and O–H groups in total. The number of nitriles is 1. The number of hydrogen-bond donors (Lipinski definition) is 0. The van der Waals surface area contributed by atoms with Crippen LogP contribution in [-0.4, -0.2) is 21.5 Å².